The minimum Gasteiger partial charge on any atom is -0.481 e. The average molecular weight is 374 g/mol. The van der Waals surface area contributed by atoms with Crippen LogP contribution >= 0.6 is 11.6 Å². The number of nitrogens with zero attached hydrogens (tertiary/aromatic N) is 2. The molecule has 0 spiro atoms. The number of hydrogen-bond acceptors (Lipinski definition) is 4. The number of benzene rings is 2. The van der Waals surface area contributed by atoms with E-state index in [0.29, 0.717) is 34.3 Å². The van der Waals surface area contributed by atoms with Crippen LogP contribution in [0.5, 0.6) is 5.75 Å². The molecule has 1 aliphatic heterocycles. The van der Waals surface area contributed by atoms with Gasteiger partial charge in [-0.15, -0.1) is 0 Å². The first-order chi connectivity index (χ1) is 12.4. The number of carbonyl (C=O) groups excluding carboxylic acids is 2. The van der Waals surface area contributed by atoms with Crippen LogP contribution in [-0.2, 0) is 4.79 Å². The summed E-state index contributed by atoms with van der Waals surface area (Å²) in [7, 11) is 3.92. The summed E-state index contributed by atoms with van der Waals surface area (Å²) in [5.74, 6) is 0.242. The van der Waals surface area contributed by atoms with Crippen LogP contribution in [0.2, 0.25) is 5.02 Å². The largest absolute Gasteiger partial charge is 0.481 e. The molecule has 2 aromatic carbocycles. The van der Waals surface area contributed by atoms with Crippen LogP contribution in [0.1, 0.15) is 10.4 Å². The van der Waals surface area contributed by atoms with Gasteiger partial charge in [0.15, 0.2) is 6.61 Å². The highest BCUT2D eigenvalue weighted by Crippen LogP contribution is 2.34. The van der Waals surface area contributed by atoms with Crippen molar-refractivity contribution in [2.24, 2.45) is 0 Å². The Morgan fingerprint density at radius 3 is 2.81 bits per heavy atom. The van der Waals surface area contributed by atoms with Crippen LogP contribution in [0.25, 0.3) is 0 Å². The summed E-state index contributed by atoms with van der Waals surface area (Å²) in [6.45, 7) is 1.32. The summed E-state index contributed by atoms with van der Waals surface area (Å²) in [5.41, 5.74) is 1.78. The Hall–Kier alpha value is -2.57. The van der Waals surface area contributed by atoms with Gasteiger partial charge in [-0.1, -0.05) is 17.7 Å². The number of fused-ring (bicyclic) bond motifs is 1. The van der Waals surface area contributed by atoms with E-state index in [2.05, 4.69) is 5.32 Å². The fraction of sp³-hybridized carbons (Fsp3) is 0.263. The number of anilines is 2. The number of halogens is 1. The summed E-state index contributed by atoms with van der Waals surface area (Å²) in [6.07, 6.45) is 0. The Bertz CT molecular complexity index is 839. The first-order valence-electron chi connectivity index (χ1n) is 8.23. The van der Waals surface area contributed by atoms with E-state index in [0.717, 1.165) is 6.54 Å². The fourth-order valence-electron chi connectivity index (χ4n) is 2.66. The maximum absolute atomic E-state index is 12.3. The Morgan fingerprint density at radius 2 is 2.08 bits per heavy atom. The van der Waals surface area contributed by atoms with E-state index in [1.807, 2.05) is 19.0 Å². The fourth-order valence-corrected chi connectivity index (χ4v) is 2.85. The van der Waals surface area contributed by atoms with Gasteiger partial charge in [0.05, 0.1) is 5.69 Å². The molecule has 0 radical (unpaired) electrons. The molecule has 2 aromatic rings. The molecule has 0 aromatic heterocycles. The van der Waals surface area contributed by atoms with E-state index in [-0.39, 0.29) is 18.4 Å². The molecule has 0 atom stereocenters. The van der Waals surface area contributed by atoms with Gasteiger partial charge < -0.3 is 19.9 Å². The Morgan fingerprint density at radius 1 is 1.27 bits per heavy atom. The molecule has 0 saturated heterocycles. The predicted molar refractivity (Wildman–Crippen MR) is 102 cm³/mol. The minimum atomic E-state index is -0.260. The molecule has 0 unspecified atom stereocenters. The van der Waals surface area contributed by atoms with E-state index in [1.54, 1.807) is 47.4 Å². The summed E-state index contributed by atoms with van der Waals surface area (Å²) in [5, 5.41) is 3.32. The number of amides is 2. The van der Waals surface area contributed by atoms with Crippen LogP contribution in [0.4, 0.5) is 11.4 Å². The highest BCUT2D eigenvalue weighted by atomic mass is 35.5. The summed E-state index contributed by atoms with van der Waals surface area (Å²) < 4.78 is 5.54. The van der Waals surface area contributed by atoms with E-state index in [4.69, 9.17) is 16.3 Å². The molecule has 7 heteroatoms. The highest BCUT2D eigenvalue weighted by Gasteiger charge is 2.25. The molecular weight excluding hydrogens is 354 g/mol. The second kappa shape index (κ2) is 7.76. The van der Waals surface area contributed by atoms with Crippen molar-refractivity contribution in [3.8, 4) is 5.75 Å². The van der Waals surface area contributed by atoms with Gasteiger partial charge in [0, 0.05) is 35.4 Å². The van der Waals surface area contributed by atoms with Crippen LogP contribution in [-0.4, -0.2) is 50.5 Å². The first kappa shape index (κ1) is 18.2. The topological polar surface area (TPSA) is 61.9 Å². The zero-order valence-corrected chi connectivity index (χ0v) is 15.4. The SMILES string of the molecule is CN(C)CCN1C(=O)COc2cc(NC(=O)c3cccc(Cl)c3)ccc21. The predicted octanol–water partition coefficient (Wildman–Crippen LogP) is 2.88. The first-order valence-corrected chi connectivity index (χ1v) is 8.61. The molecule has 1 heterocycles. The summed E-state index contributed by atoms with van der Waals surface area (Å²) >= 11 is 5.93. The number of nitrogens with one attached hydrogen (secondary N) is 1. The van der Waals surface area contributed by atoms with Crippen LogP contribution in [0, 0.1) is 0 Å². The lowest BCUT2D eigenvalue weighted by Crippen LogP contribution is -2.42. The molecule has 26 heavy (non-hydrogen) atoms. The van der Waals surface area contributed by atoms with E-state index < -0.39 is 0 Å². The quantitative estimate of drug-likeness (QED) is 0.875. The second-order valence-electron chi connectivity index (χ2n) is 6.28. The minimum absolute atomic E-state index is 0.00782. The van der Waals surface area contributed by atoms with E-state index in [9.17, 15) is 9.59 Å². The lowest BCUT2D eigenvalue weighted by Gasteiger charge is -2.30. The zero-order chi connectivity index (χ0) is 18.7. The third-order valence-corrected chi connectivity index (χ3v) is 4.25. The number of likely N-dealkylation sites (N-methyl/N-ethyl adjacent to an activating group) is 1. The summed E-state index contributed by atoms with van der Waals surface area (Å²) in [4.78, 5) is 28.2. The average Bonchev–Trinajstić information content (AvgIpc) is 2.60. The van der Waals surface area contributed by atoms with Crippen molar-refractivity contribution in [2.75, 3.05) is 44.0 Å². The smallest absolute Gasteiger partial charge is 0.265 e. The molecule has 0 saturated carbocycles. The Kier molecular flexibility index (Phi) is 5.44. The number of hydrogen-bond donors (Lipinski definition) is 1. The lowest BCUT2D eigenvalue weighted by atomic mass is 10.2. The Labute approximate surface area is 157 Å². The second-order valence-corrected chi connectivity index (χ2v) is 6.72. The number of ether oxygens (including phenoxy) is 1. The van der Waals surface area contributed by atoms with Crippen LogP contribution < -0.4 is 15.0 Å². The third-order valence-electron chi connectivity index (χ3n) is 4.02. The number of rotatable bonds is 5. The zero-order valence-electron chi connectivity index (χ0n) is 14.7. The molecule has 3 rings (SSSR count). The van der Waals surface area contributed by atoms with Crippen molar-refractivity contribution < 1.29 is 14.3 Å². The van der Waals surface area contributed by atoms with Crippen molar-refractivity contribution >= 4 is 34.8 Å². The molecule has 0 aliphatic carbocycles. The van der Waals surface area contributed by atoms with Crippen molar-refractivity contribution in [1.82, 2.24) is 4.90 Å². The van der Waals surface area contributed by atoms with Crippen molar-refractivity contribution in [3.63, 3.8) is 0 Å². The number of carbonyl (C=O) groups is 2. The lowest BCUT2D eigenvalue weighted by molar-refractivity contribution is -0.121. The van der Waals surface area contributed by atoms with Crippen molar-refractivity contribution in [1.29, 1.82) is 0 Å². The molecule has 0 fully saturated rings. The third kappa shape index (κ3) is 4.15. The maximum Gasteiger partial charge on any atom is 0.265 e. The van der Waals surface area contributed by atoms with Crippen molar-refractivity contribution in [3.05, 3.63) is 53.1 Å². The van der Waals surface area contributed by atoms with Crippen LogP contribution in [0.3, 0.4) is 0 Å². The maximum atomic E-state index is 12.3. The van der Waals surface area contributed by atoms with Gasteiger partial charge >= 0.3 is 0 Å². The molecule has 136 valence electrons. The van der Waals surface area contributed by atoms with Gasteiger partial charge in [0.25, 0.3) is 11.8 Å². The normalized spacial score (nSPS) is 13.4. The Balaban J connectivity index is 1.78. The molecule has 1 aliphatic rings. The highest BCUT2D eigenvalue weighted by molar-refractivity contribution is 6.31. The van der Waals surface area contributed by atoms with Gasteiger partial charge in [-0.3, -0.25) is 9.59 Å². The van der Waals surface area contributed by atoms with Gasteiger partial charge in [-0.05, 0) is 44.4 Å². The van der Waals surface area contributed by atoms with Gasteiger partial charge in [0.1, 0.15) is 5.75 Å². The van der Waals surface area contributed by atoms with Gasteiger partial charge in [-0.2, -0.15) is 0 Å². The monoisotopic (exact) mass is 373 g/mol. The molecule has 2 amide bonds. The molecule has 0 bridgehead atoms. The molecule has 1 N–H and O–H groups in total. The summed E-state index contributed by atoms with van der Waals surface area (Å²) in [6, 6.07) is 12.0. The van der Waals surface area contributed by atoms with Gasteiger partial charge in [0.2, 0.25) is 0 Å². The molecule has 6 nitrogen and oxygen atoms in total. The van der Waals surface area contributed by atoms with E-state index in [1.165, 1.54) is 0 Å². The van der Waals surface area contributed by atoms with Crippen LogP contribution in [0.15, 0.2) is 42.5 Å². The van der Waals surface area contributed by atoms with Crippen molar-refractivity contribution in [2.45, 2.75) is 0 Å². The van der Waals surface area contributed by atoms with E-state index >= 15 is 0 Å². The standard InChI is InChI=1S/C19H20ClN3O3/c1-22(2)8-9-23-16-7-6-15(11-17(16)26-12-18(23)24)21-19(25)13-4-3-5-14(20)10-13/h3-7,10-11H,8-9,12H2,1-2H3,(H,21,25). The van der Waals surface area contributed by atoms with Gasteiger partial charge in [-0.25, -0.2) is 0 Å². The molecular formula is C19H20ClN3O3.